The van der Waals surface area contributed by atoms with Crippen molar-refractivity contribution in [2.75, 3.05) is 19.0 Å². The molecule has 1 unspecified atom stereocenters. The van der Waals surface area contributed by atoms with Crippen LogP contribution in [0, 0.1) is 11.6 Å². The van der Waals surface area contributed by atoms with E-state index in [1.807, 2.05) is 19.0 Å². The minimum atomic E-state index is -0.848. The molecule has 4 nitrogen and oxygen atoms in total. The van der Waals surface area contributed by atoms with Gasteiger partial charge in [0.2, 0.25) is 5.13 Å². The number of anilines is 1. The van der Waals surface area contributed by atoms with Gasteiger partial charge in [0.1, 0.15) is 11.6 Å². The molecule has 112 valence electrons. The molecule has 0 saturated heterocycles. The van der Waals surface area contributed by atoms with Gasteiger partial charge in [-0.2, -0.15) is 0 Å². The third kappa shape index (κ3) is 3.76. The zero-order valence-electron chi connectivity index (χ0n) is 11.6. The first-order valence-corrected chi connectivity index (χ1v) is 7.75. The summed E-state index contributed by atoms with van der Waals surface area (Å²) in [4.78, 5) is 14.0. The first-order valence-electron chi connectivity index (χ1n) is 6.05. The fourth-order valence-corrected chi connectivity index (χ4v) is 3.52. The van der Waals surface area contributed by atoms with E-state index in [-0.39, 0.29) is 5.56 Å². The van der Waals surface area contributed by atoms with Crippen LogP contribution in [0.25, 0.3) is 0 Å². The van der Waals surface area contributed by atoms with E-state index in [4.69, 9.17) is 0 Å². The van der Waals surface area contributed by atoms with Crippen LogP contribution in [0.4, 0.5) is 13.9 Å². The lowest BCUT2D eigenvalue weighted by atomic mass is 10.1. The van der Waals surface area contributed by atoms with Crippen molar-refractivity contribution >= 4 is 34.0 Å². The van der Waals surface area contributed by atoms with Gasteiger partial charge in [0.15, 0.2) is 10.1 Å². The highest BCUT2D eigenvalue weighted by Crippen LogP contribution is 2.31. The first kappa shape index (κ1) is 15.8. The maximum Gasteiger partial charge on any atom is 0.208 e. The zero-order valence-corrected chi connectivity index (χ0v) is 13.3. The number of hydrogen-bond donors (Lipinski definition) is 0. The minimum Gasteiger partial charge on any atom is -0.353 e. The Labute approximate surface area is 129 Å². The van der Waals surface area contributed by atoms with E-state index in [1.54, 1.807) is 6.92 Å². The van der Waals surface area contributed by atoms with Crippen LogP contribution in [0.5, 0.6) is 0 Å². The monoisotopic (exact) mass is 329 g/mol. The average molecular weight is 329 g/mol. The molecular weight excluding hydrogens is 316 g/mol. The van der Waals surface area contributed by atoms with Gasteiger partial charge >= 0.3 is 0 Å². The Morgan fingerprint density at radius 3 is 2.62 bits per heavy atom. The van der Waals surface area contributed by atoms with Crippen LogP contribution in [0.3, 0.4) is 0 Å². The molecule has 0 radical (unpaired) electrons. The number of aromatic nitrogens is 2. The summed E-state index contributed by atoms with van der Waals surface area (Å²) in [5.74, 6) is -1.96. The van der Waals surface area contributed by atoms with E-state index in [0.717, 1.165) is 17.3 Å². The van der Waals surface area contributed by atoms with Crippen LogP contribution in [0.1, 0.15) is 17.3 Å². The third-order valence-electron chi connectivity index (χ3n) is 2.62. The number of halogens is 2. The van der Waals surface area contributed by atoms with Gasteiger partial charge < -0.3 is 4.90 Å². The van der Waals surface area contributed by atoms with E-state index in [9.17, 15) is 13.6 Å². The Hall–Kier alpha value is -1.54. The molecule has 0 fully saturated rings. The molecular formula is C13H13F2N3OS2. The highest BCUT2D eigenvalue weighted by molar-refractivity contribution is 8.02. The summed E-state index contributed by atoms with van der Waals surface area (Å²) < 4.78 is 27.1. The number of carbonyl (C=O) groups is 1. The van der Waals surface area contributed by atoms with Gasteiger partial charge in [0.25, 0.3) is 0 Å². The van der Waals surface area contributed by atoms with Crippen molar-refractivity contribution in [1.29, 1.82) is 0 Å². The van der Waals surface area contributed by atoms with Gasteiger partial charge in [-0.15, -0.1) is 10.2 Å². The van der Waals surface area contributed by atoms with Crippen molar-refractivity contribution in [2.24, 2.45) is 0 Å². The number of rotatable bonds is 5. The summed E-state index contributed by atoms with van der Waals surface area (Å²) in [6, 6.07) is 2.94. The molecule has 0 aliphatic heterocycles. The Morgan fingerprint density at radius 2 is 2.05 bits per heavy atom. The van der Waals surface area contributed by atoms with Gasteiger partial charge in [-0.1, -0.05) is 23.1 Å². The van der Waals surface area contributed by atoms with Crippen LogP contribution in [0.2, 0.25) is 0 Å². The van der Waals surface area contributed by atoms with E-state index in [1.165, 1.54) is 23.1 Å². The predicted molar refractivity (Wildman–Crippen MR) is 80.2 cm³/mol. The van der Waals surface area contributed by atoms with Crippen LogP contribution in [0.15, 0.2) is 22.5 Å². The molecule has 2 rings (SSSR count). The number of benzene rings is 1. The lowest BCUT2D eigenvalue weighted by Gasteiger charge is -2.09. The molecule has 0 aliphatic carbocycles. The van der Waals surface area contributed by atoms with Gasteiger partial charge in [-0.05, 0) is 19.1 Å². The van der Waals surface area contributed by atoms with Crippen molar-refractivity contribution in [3.8, 4) is 0 Å². The summed E-state index contributed by atoms with van der Waals surface area (Å²) >= 11 is 2.56. The second kappa shape index (κ2) is 6.48. The van der Waals surface area contributed by atoms with Crippen molar-refractivity contribution in [1.82, 2.24) is 10.2 Å². The highest BCUT2D eigenvalue weighted by atomic mass is 32.2. The largest absolute Gasteiger partial charge is 0.353 e. The van der Waals surface area contributed by atoms with Gasteiger partial charge in [0, 0.05) is 20.2 Å². The molecule has 1 atom stereocenters. The SMILES string of the molecule is CC(Sc1nnc(N(C)C)s1)C(=O)c1ccc(F)cc1F. The number of carbonyl (C=O) groups excluding carboxylic acids is 1. The number of thioether (sulfide) groups is 1. The topological polar surface area (TPSA) is 46.1 Å². The first-order chi connectivity index (χ1) is 9.88. The molecule has 8 heteroatoms. The molecule has 0 spiro atoms. The summed E-state index contributed by atoms with van der Waals surface area (Å²) in [5, 5.41) is 8.14. The van der Waals surface area contributed by atoms with Crippen LogP contribution in [-0.2, 0) is 0 Å². The lowest BCUT2D eigenvalue weighted by Crippen LogP contribution is -2.15. The molecule has 21 heavy (non-hydrogen) atoms. The van der Waals surface area contributed by atoms with Crippen LogP contribution in [-0.4, -0.2) is 35.3 Å². The second-order valence-electron chi connectivity index (χ2n) is 4.49. The van der Waals surface area contributed by atoms with E-state index in [2.05, 4.69) is 10.2 Å². The summed E-state index contributed by atoms with van der Waals surface area (Å²) in [6.07, 6.45) is 0. The molecule has 0 bridgehead atoms. The predicted octanol–water partition coefficient (Wildman–Crippen LogP) is 3.25. The number of Topliss-reactive ketones (excluding diaryl/α,β-unsaturated/α-hetero) is 1. The van der Waals surface area contributed by atoms with Gasteiger partial charge in [0.05, 0.1) is 10.8 Å². The standard InChI is InChI=1S/C13H13F2N3OS2/c1-7(20-13-17-16-12(21-13)18(2)3)11(19)9-5-4-8(14)6-10(9)15/h4-7H,1-3H3. The number of hydrogen-bond acceptors (Lipinski definition) is 6. The molecule has 1 aromatic heterocycles. The normalized spacial score (nSPS) is 12.2. The summed E-state index contributed by atoms with van der Waals surface area (Å²) in [5.41, 5.74) is -0.117. The molecule has 0 N–H and O–H groups in total. The number of ketones is 1. The molecule has 0 saturated carbocycles. The minimum absolute atomic E-state index is 0.117. The van der Waals surface area contributed by atoms with E-state index < -0.39 is 22.7 Å². The summed E-state index contributed by atoms with van der Waals surface area (Å²) in [6.45, 7) is 1.66. The molecule has 0 aliphatic rings. The van der Waals surface area contributed by atoms with Crippen molar-refractivity contribution in [3.05, 3.63) is 35.4 Å². The Bertz CT molecular complexity index is 661. The van der Waals surface area contributed by atoms with Gasteiger partial charge in [-0.25, -0.2) is 8.78 Å². The zero-order chi connectivity index (χ0) is 15.6. The fourth-order valence-electron chi connectivity index (χ4n) is 1.54. The fraction of sp³-hybridized carbons (Fsp3) is 0.308. The molecule has 2 aromatic rings. The molecule has 1 aromatic carbocycles. The average Bonchev–Trinajstić information content (AvgIpc) is 2.86. The Morgan fingerprint density at radius 1 is 1.33 bits per heavy atom. The van der Waals surface area contributed by atoms with Crippen LogP contribution < -0.4 is 4.90 Å². The molecule has 0 amide bonds. The lowest BCUT2D eigenvalue weighted by molar-refractivity contribution is 0.0990. The Kier molecular flexibility index (Phi) is 4.89. The van der Waals surface area contributed by atoms with E-state index >= 15 is 0 Å². The van der Waals surface area contributed by atoms with E-state index in [0.29, 0.717) is 10.4 Å². The highest BCUT2D eigenvalue weighted by Gasteiger charge is 2.22. The van der Waals surface area contributed by atoms with Crippen LogP contribution >= 0.6 is 23.1 Å². The third-order valence-corrected chi connectivity index (χ3v) is 4.90. The maximum absolute atomic E-state index is 13.6. The molecule has 1 heterocycles. The van der Waals surface area contributed by atoms with Crippen molar-refractivity contribution < 1.29 is 13.6 Å². The van der Waals surface area contributed by atoms with Crippen molar-refractivity contribution in [2.45, 2.75) is 16.5 Å². The summed E-state index contributed by atoms with van der Waals surface area (Å²) in [7, 11) is 3.69. The maximum atomic E-state index is 13.6. The Balaban J connectivity index is 2.11. The second-order valence-corrected chi connectivity index (χ2v) is 7.04. The smallest absolute Gasteiger partial charge is 0.208 e. The number of nitrogens with zero attached hydrogens (tertiary/aromatic N) is 3. The van der Waals surface area contributed by atoms with Gasteiger partial charge in [-0.3, -0.25) is 4.79 Å². The quantitative estimate of drug-likeness (QED) is 0.622. The van der Waals surface area contributed by atoms with Crippen molar-refractivity contribution in [3.63, 3.8) is 0 Å².